The maximum absolute atomic E-state index is 8.78. The Balaban J connectivity index is 2.91. The first-order valence-electron chi connectivity index (χ1n) is 7.47. The Morgan fingerprint density at radius 2 is 1.55 bits per heavy atom. The molecule has 0 saturated heterocycles. The van der Waals surface area contributed by atoms with Crippen LogP contribution in [0.5, 0.6) is 5.75 Å². The fourth-order valence-electron chi connectivity index (χ4n) is 2.50. The highest BCUT2D eigenvalue weighted by atomic mass is 16.5. The summed E-state index contributed by atoms with van der Waals surface area (Å²) in [4.78, 5) is 0. The highest BCUT2D eigenvalue weighted by Gasteiger charge is 2.30. The molecule has 0 saturated carbocycles. The fraction of sp³-hybridized carbons (Fsp3) is 0.667. The van der Waals surface area contributed by atoms with Crippen molar-refractivity contribution in [1.82, 2.24) is 0 Å². The Hall–Kier alpha value is -1.02. The maximum atomic E-state index is 8.78. The lowest BCUT2D eigenvalue weighted by Crippen LogP contribution is -2.23. The fourth-order valence-corrected chi connectivity index (χ4v) is 2.50. The van der Waals surface area contributed by atoms with E-state index in [0.29, 0.717) is 17.9 Å². The summed E-state index contributed by atoms with van der Waals surface area (Å²) in [6.45, 7) is 14.2. The van der Waals surface area contributed by atoms with Gasteiger partial charge in [0.25, 0.3) is 0 Å². The minimum Gasteiger partial charge on any atom is -0.491 e. The molecule has 0 amide bonds. The number of aliphatic hydroxyl groups is 1. The van der Waals surface area contributed by atoms with Gasteiger partial charge < -0.3 is 9.84 Å². The molecule has 1 N–H and O–H groups in total. The molecule has 0 aromatic heterocycles. The molecule has 0 bridgehead atoms. The van der Waals surface area contributed by atoms with Crippen molar-refractivity contribution in [2.45, 2.75) is 53.9 Å². The van der Waals surface area contributed by atoms with Gasteiger partial charge in [0, 0.05) is 0 Å². The molecule has 0 heterocycles. The third-order valence-corrected chi connectivity index (χ3v) is 3.50. The molecule has 114 valence electrons. The van der Waals surface area contributed by atoms with Crippen LogP contribution in [0.4, 0.5) is 0 Å². The van der Waals surface area contributed by atoms with E-state index in [1.165, 1.54) is 5.56 Å². The van der Waals surface area contributed by atoms with Crippen molar-refractivity contribution in [3.63, 3.8) is 0 Å². The van der Waals surface area contributed by atoms with Crippen LogP contribution in [0.1, 0.15) is 59.4 Å². The van der Waals surface area contributed by atoms with E-state index in [0.717, 1.165) is 12.2 Å². The van der Waals surface area contributed by atoms with Crippen LogP contribution in [0.25, 0.3) is 0 Å². The largest absolute Gasteiger partial charge is 0.491 e. The highest BCUT2D eigenvalue weighted by molar-refractivity contribution is 5.30. The van der Waals surface area contributed by atoms with Crippen LogP contribution in [0.3, 0.4) is 0 Å². The van der Waals surface area contributed by atoms with Gasteiger partial charge in [-0.3, -0.25) is 0 Å². The molecule has 20 heavy (non-hydrogen) atoms. The molecule has 1 atom stereocenters. The first kappa shape index (κ1) is 17.0. The first-order chi connectivity index (χ1) is 9.13. The second-order valence-electron chi connectivity index (χ2n) is 7.82. The van der Waals surface area contributed by atoms with Crippen molar-refractivity contribution in [2.75, 3.05) is 13.2 Å². The number of hydrogen-bond acceptors (Lipinski definition) is 2. The average Bonchev–Trinajstić information content (AvgIpc) is 2.32. The number of aliphatic hydroxyl groups excluding tert-OH is 1. The second-order valence-corrected chi connectivity index (χ2v) is 7.82. The summed E-state index contributed by atoms with van der Waals surface area (Å²) in [5.74, 6) is 1.35. The molecule has 0 radical (unpaired) electrons. The molecule has 0 aliphatic rings. The zero-order valence-electron chi connectivity index (χ0n) is 13.9. The van der Waals surface area contributed by atoms with Crippen molar-refractivity contribution in [3.8, 4) is 5.75 Å². The van der Waals surface area contributed by atoms with Crippen LogP contribution >= 0.6 is 0 Å². The summed E-state index contributed by atoms with van der Waals surface area (Å²) >= 11 is 0. The molecule has 1 unspecified atom stereocenters. The van der Waals surface area contributed by atoms with Gasteiger partial charge in [-0.15, -0.1) is 0 Å². The molecule has 2 nitrogen and oxygen atoms in total. The molecule has 1 aromatic rings. The molecule has 1 aromatic carbocycles. The minimum atomic E-state index is 0.0520. The van der Waals surface area contributed by atoms with Gasteiger partial charge >= 0.3 is 0 Å². The molecule has 0 aliphatic heterocycles. The van der Waals surface area contributed by atoms with Crippen molar-refractivity contribution in [2.24, 2.45) is 10.8 Å². The van der Waals surface area contributed by atoms with Crippen molar-refractivity contribution in [1.29, 1.82) is 0 Å². The lowest BCUT2D eigenvalue weighted by Gasteiger charge is -2.36. The molecule has 1 rings (SSSR count). The third-order valence-electron chi connectivity index (χ3n) is 3.50. The molecule has 0 aliphatic carbocycles. The molecule has 2 heteroatoms. The molecule has 0 fully saturated rings. The van der Waals surface area contributed by atoms with Crippen LogP contribution in [0.15, 0.2) is 24.3 Å². The second kappa shape index (κ2) is 6.62. The summed E-state index contributed by atoms with van der Waals surface area (Å²) in [5, 5.41) is 8.78. The molecular weight excluding hydrogens is 248 g/mol. The Labute approximate surface area is 124 Å². The Kier molecular flexibility index (Phi) is 5.64. The van der Waals surface area contributed by atoms with E-state index >= 15 is 0 Å². The van der Waals surface area contributed by atoms with Gasteiger partial charge in [-0.25, -0.2) is 0 Å². The lowest BCUT2D eigenvalue weighted by molar-refractivity contribution is 0.201. The van der Waals surface area contributed by atoms with Crippen molar-refractivity contribution in [3.05, 3.63) is 29.8 Å². The summed E-state index contributed by atoms with van der Waals surface area (Å²) in [5.41, 5.74) is 1.91. The smallest absolute Gasteiger partial charge is 0.119 e. The quantitative estimate of drug-likeness (QED) is 0.851. The predicted octanol–water partition coefficient (Wildman–Crippen LogP) is 4.62. The number of benzene rings is 1. The highest BCUT2D eigenvalue weighted by Crippen LogP contribution is 2.43. The third kappa shape index (κ3) is 5.54. The van der Waals surface area contributed by atoms with E-state index in [2.05, 4.69) is 53.7 Å². The van der Waals surface area contributed by atoms with E-state index in [4.69, 9.17) is 9.84 Å². The zero-order valence-corrected chi connectivity index (χ0v) is 13.9. The van der Waals surface area contributed by atoms with Crippen LogP contribution in [0, 0.1) is 10.8 Å². The van der Waals surface area contributed by atoms with Crippen LogP contribution in [-0.4, -0.2) is 18.3 Å². The first-order valence-corrected chi connectivity index (χ1v) is 7.47. The Morgan fingerprint density at radius 1 is 1.00 bits per heavy atom. The topological polar surface area (TPSA) is 29.5 Å². The van der Waals surface area contributed by atoms with Crippen LogP contribution < -0.4 is 4.74 Å². The van der Waals surface area contributed by atoms with Gasteiger partial charge in [-0.2, -0.15) is 0 Å². The maximum Gasteiger partial charge on any atom is 0.119 e. The normalized spacial score (nSPS) is 14.2. The Morgan fingerprint density at radius 3 is 1.95 bits per heavy atom. The Bertz CT molecular complexity index is 393. The number of ether oxygens (including phenoxy) is 1. The lowest BCUT2D eigenvalue weighted by atomic mass is 9.69. The molecular formula is C18H30O2. The van der Waals surface area contributed by atoms with Crippen LogP contribution in [0.2, 0.25) is 0 Å². The predicted molar refractivity (Wildman–Crippen MR) is 85.3 cm³/mol. The van der Waals surface area contributed by atoms with E-state index in [9.17, 15) is 0 Å². The summed E-state index contributed by atoms with van der Waals surface area (Å²) < 4.78 is 5.43. The van der Waals surface area contributed by atoms with Crippen LogP contribution in [-0.2, 0) is 0 Å². The SMILES string of the molecule is CC(C)(C)CC(c1ccc(OCCO)cc1)C(C)(C)C. The van der Waals surface area contributed by atoms with Gasteiger partial charge in [0.2, 0.25) is 0 Å². The van der Waals surface area contributed by atoms with E-state index < -0.39 is 0 Å². The van der Waals surface area contributed by atoms with Gasteiger partial charge in [0.15, 0.2) is 0 Å². The van der Waals surface area contributed by atoms with Gasteiger partial charge in [0.05, 0.1) is 6.61 Å². The monoisotopic (exact) mass is 278 g/mol. The standard InChI is InChI=1S/C18H30O2/c1-17(2,3)13-16(18(4,5)6)14-7-9-15(10-8-14)20-12-11-19/h7-10,16,19H,11-13H2,1-6H3. The van der Waals surface area contributed by atoms with Gasteiger partial charge in [-0.05, 0) is 40.9 Å². The van der Waals surface area contributed by atoms with Crippen molar-refractivity contribution >= 4 is 0 Å². The summed E-state index contributed by atoms with van der Waals surface area (Å²) in [6.07, 6.45) is 1.16. The van der Waals surface area contributed by atoms with Gasteiger partial charge in [-0.1, -0.05) is 53.7 Å². The zero-order chi connectivity index (χ0) is 15.4. The van der Waals surface area contributed by atoms with Crippen molar-refractivity contribution < 1.29 is 9.84 Å². The summed E-state index contributed by atoms with van der Waals surface area (Å²) in [6, 6.07) is 8.33. The minimum absolute atomic E-state index is 0.0520. The average molecular weight is 278 g/mol. The number of hydrogen-bond donors (Lipinski definition) is 1. The number of rotatable bonds is 5. The van der Waals surface area contributed by atoms with E-state index in [1.54, 1.807) is 0 Å². The summed E-state index contributed by atoms with van der Waals surface area (Å²) in [7, 11) is 0. The van der Waals surface area contributed by atoms with E-state index in [-0.39, 0.29) is 12.0 Å². The van der Waals surface area contributed by atoms with E-state index in [1.807, 2.05) is 12.1 Å². The van der Waals surface area contributed by atoms with Gasteiger partial charge in [0.1, 0.15) is 12.4 Å². The molecule has 0 spiro atoms.